The zero-order valence-corrected chi connectivity index (χ0v) is 30.4. The Morgan fingerprint density at radius 1 is 0.843 bits per heavy atom. The number of sulfonamides is 1. The Labute approximate surface area is 298 Å². The number of rotatable bonds is 14. The predicted octanol–water partition coefficient (Wildman–Crippen LogP) is 5.89. The summed E-state index contributed by atoms with van der Waals surface area (Å²) in [6, 6.07) is 21.9. The van der Waals surface area contributed by atoms with Crippen molar-refractivity contribution in [1.29, 1.82) is 0 Å². The van der Waals surface area contributed by atoms with Crippen LogP contribution in [0.2, 0.25) is 0 Å². The highest BCUT2D eigenvalue weighted by Crippen LogP contribution is 2.42. The second-order valence-corrected chi connectivity index (χ2v) is 16.4. The van der Waals surface area contributed by atoms with E-state index in [2.05, 4.69) is 24.6 Å². The van der Waals surface area contributed by atoms with Gasteiger partial charge in [-0.2, -0.15) is 21.2 Å². The molecule has 1 heterocycles. The molecule has 15 nitrogen and oxygen atoms in total. The molecule has 19 heteroatoms. The fourth-order valence-electron chi connectivity index (χ4n) is 5.12. The van der Waals surface area contributed by atoms with E-state index < -0.39 is 53.4 Å². The molecule has 0 atom stereocenters. The molecular formula is C32H32N6O9S4. The number of carbonyl (C=O) groups excluding carboxylic acids is 1. The highest BCUT2D eigenvalue weighted by Gasteiger charge is 2.22. The van der Waals surface area contributed by atoms with Crippen LogP contribution in [0.3, 0.4) is 0 Å². The van der Waals surface area contributed by atoms with Gasteiger partial charge in [-0.15, -0.1) is 10.2 Å². The molecule has 5 aromatic rings. The third-order valence-corrected chi connectivity index (χ3v) is 11.3. The van der Waals surface area contributed by atoms with Crippen molar-refractivity contribution in [3.63, 3.8) is 0 Å². The van der Waals surface area contributed by atoms with Crippen LogP contribution < -0.4 is 14.9 Å². The average molecular weight is 773 g/mol. The molecule has 5 rings (SSSR count). The molecule has 0 unspecified atom stereocenters. The molecule has 1 aromatic heterocycles. The van der Waals surface area contributed by atoms with Gasteiger partial charge in [-0.1, -0.05) is 36.4 Å². The van der Waals surface area contributed by atoms with Crippen LogP contribution in [0.4, 0.5) is 22.1 Å². The van der Waals surface area contributed by atoms with Crippen molar-refractivity contribution in [2.24, 2.45) is 10.2 Å². The third-order valence-electron chi connectivity index (χ3n) is 7.55. The fourth-order valence-corrected chi connectivity index (χ4v) is 7.88. The summed E-state index contributed by atoms with van der Waals surface area (Å²) in [4.78, 5) is 15.0. The number of hydrogen-bond donors (Lipinski definition) is 4. The van der Waals surface area contributed by atoms with Crippen molar-refractivity contribution >= 4 is 80.7 Å². The van der Waals surface area contributed by atoms with Crippen LogP contribution in [0.5, 0.6) is 0 Å². The normalized spacial score (nSPS) is 12.4. The molecule has 0 aliphatic rings. The number of fused-ring (bicyclic) bond motifs is 1. The van der Waals surface area contributed by atoms with Gasteiger partial charge in [-0.05, 0) is 79.5 Å². The lowest BCUT2D eigenvalue weighted by atomic mass is 10.00. The van der Waals surface area contributed by atoms with Crippen LogP contribution in [0.1, 0.15) is 24.2 Å². The van der Waals surface area contributed by atoms with Gasteiger partial charge in [0, 0.05) is 36.1 Å². The Morgan fingerprint density at radius 2 is 1.57 bits per heavy atom. The molecule has 51 heavy (non-hydrogen) atoms. The van der Waals surface area contributed by atoms with Crippen LogP contribution >= 0.6 is 11.5 Å². The van der Waals surface area contributed by atoms with E-state index in [9.17, 15) is 34.6 Å². The van der Waals surface area contributed by atoms with E-state index in [1.165, 1.54) is 36.4 Å². The predicted molar refractivity (Wildman–Crippen MR) is 195 cm³/mol. The van der Waals surface area contributed by atoms with Gasteiger partial charge < -0.3 is 10.2 Å². The topological polar surface area (TPSA) is 225 Å². The number of carbonyl (C=O) groups is 1. The van der Waals surface area contributed by atoms with Crippen molar-refractivity contribution in [3.8, 4) is 11.1 Å². The molecule has 0 bridgehead atoms. The molecule has 0 aliphatic heterocycles. The molecule has 0 radical (unpaired) electrons. The summed E-state index contributed by atoms with van der Waals surface area (Å²) in [6.45, 7) is 4.52. The maximum absolute atomic E-state index is 13.6. The van der Waals surface area contributed by atoms with Crippen LogP contribution in [0, 0.1) is 0 Å². The van der Waals surface area contributed by atoms with Gasteiger partial charge in [-0.25, -0.2) is 13.1 Å². The summed E-state index contributed by atoms with van der Waals surface area (Å²) in [5.74, 6) is -1.44. The molecular weight excluding hydrogens is 741 g/mol. The summed E-state index contributed by atoms with van der Waals surface area (Å²) in [5, 5.41) is 12.3. The summed E-state index contributed by atoms with van der Waals surface area (Å²) >= 11 is 0.968. The number of benzene rings is 4. The first-order valence-electron chi connectivity index (χ1n) is 15.2. The van der Waals surface area contributed by atoms with Crippen LogP contribution in [0.15, 0.2) is 105 Å². The number of aromatic nitrogens is 1. The Bertz CT molecular complexity index is 2450. The summed E-state index contributed by atoms with van der Waals surface area (Å²) in [7, 11) is -13.1. The van der Waals surface area contributed by atoms with Crippen molar-refractivity contribution in [2.75, 3.05) is 35.6 Å². The van der Waals surface area contributed by atoms with Gasteiger partial charge in [0.05, 0.1) is 38.1 Å². The highest BCUT2D eigenvalue weighted by molar-refractivity contribution is 7.89. The van der Waals surface area contributed by atoms with Gasteiger partial charge in [0.15, 0.2) is 5.00 Å². The molecule has 4 aromatic carbocycles. The molecule has 4 N–H and O–H groups in total. The first kappa shape index (κ1) is 37.6. The zero-order chi connectivity index (χ0) is 37.0. The number of nitrogens with one attached hydrogen (secondary N) is 2. The van der Waals surface area contributed by atoms with Gasteiger partial charge in [0.25, 0.3) is 26.1 Å². The van der Waals surface area contributed by atoms with E-state index >= 15 is 0 Å². The van der Waals surface area contributed by atoms with E-state index in [0.29, 0.717) is 46.6 Å². The largest absolute Gasteiger partial charge is 0.370 e. The Balaban J connectivity index is 1.58. The molecule has 0 spiro atoms. The van der Waals surface area contributed by atoms with Crippen LogP contribution in [0.25, 0.3) is 22.0 Å². The van der Waals surface area contributed by atoms with Crippen molar-refractivity contribution in [1.82, 2.24) is 9.10 Å². The van der Waals surface area contributed by atoms with Gasteiger partial charge >= 0.3 is 0 Å². The maximum atomic E-state index is 13.6. The first-order chi connectivity index (χ1) is 24.1. The SMILES string of the molecule is CCN(CC)c1c(NC(=O)c2cccc(S(=O)(=O)O)c2)cc(N=Nc2snc3ccc(S(=O)(=O)NCCS(=O)(=O)O)cc23)cc1-c1ccccc1. The molecule has 1 amide bonds. The second kappa shape index (κ2) is 15.3. The number of anilines is 2. The monoisotopic (exact) mass is 772 g/mol. The van der Waals surface area contributed by atoms with Crippen molar-refractivity contribution < 1.29 is 39.2 Å². The Kier molecular flexibility index (Phi) is 11.3. The third kappa shape index (κ3) is 9.19. The van der Waals surface area contributed by atoms with Crippen molar-refractivity contribution in [3.05, 3.63) is 90.5 Å². The summed E-state index contributed by atoms with van der Waals surface area (Å²) in [6.07, 6.45) is 0. The fraction of sp³-hybridized carbons (Fsp3) is 0.188. The number of amides is 1. The lowest BCUT2D eigenvalue weighted by Crippen LogP contribution is -2.29. The number of nitrogens with zero attached hydrogens (tertiary/aromatic N) is 4. The second-order valence-electron chi connectivity index (χ2n) is 10.9. The smallest absolute Gasteiger partial charge is 0.294 e. The lowest BCUT2D eigenvalue weighted by Gasteiger charge is -2.28. The van der Waals surface area contributed by atoms with Gasteiger partial charge in [0.1, 0.15) is 0 Å². The van der Waals surface area contributed by atoms with E-state index in [4.69, 9.17) is 4.55 Å². The van der Waals surface area contributed by atoms with Crippen molar-refractivity contribution in [2.45, 2.75) is 23.6 Å². The van der Waals surface area contributed by atoms with E-state index in [1.54, 1.807) is 12.1 Å². The highest BCUT2D eigenvalue weighted by atomic mass is 32.2. The van der Waals surface area contributed by atoms with Gasteiger partial charge in [0.2, 0.25) is 10.0 Å². The lowest BCUT2D eigenvalue weighted by molar-refractivity contribution is 0.102. The van der Waals surface area contributed by atoms with Crippen LogP contribution in [-0.4, -0.2) is 70.0 Å². The zero-order valence-electron chi connectivity index (χ0n) is 27.1. The standard InChI is InChI=1S/C32H32N6O9S4/c1-3-38(4-2)30-26(21-9-6-5-7-10-21)18-23(19-29(30)34-31(39)22-11-8-12-25(17-22)51(45,46)47)35-36-32-27-20-24(13-14-28(27)37-48-32)50(43,44)33-15-16-49(40,41)42/h5-14,17-20,33H,3-4,15-16H2,1-2H3,(H,34,39)(H,40,41,42)(H,45,46,47). The number of hydrogen-bond acceptors (Lipinski definition) is 12. The number of azo groups is 1. The minimum Gasteiger partial charge on any atom is -0.370 e. The molecule has 0 saturated carbocycles. The average Bonchev–Trinajstić information content (AvgIpc) is 3.50. The van der Waals surface area contributed by atoms with E-state index in [-0.39, 0.29) is 15.5 Å². The Morgan fingerprint density at radius 3 is 2.24 bits per heavy atom. The molecule has 0 saturated heterocycles. The van der Waals surface area contributed by atoms with Gasteiger partial charge in [-0.3, -0.25) is 13.9 Å². The maximum Gasteiger partial charge on any atom is 0.294 e. The molecule has 268 valence electrons. The first-order valence-corrected chi connectivity index (χ1v) is 20.5. The van der Waals surface area contributed by atoms with E-state index in [0.717, 1.165) is 23.2 Å². The minimum absolute atomic E-state index is 0.0155. The summed E-state index contributed by atoms with van der Waals surface area (Å²) < 4.78 is 96.2. The summed E-state index contributed by atoms with van der Waals surface area (Å²) in [5.41, 5.74) is 3.25. The minimum atomic E-state index is -4.56. The Hall–Kier alpha value is -4.63. The quantitative estimate of drug-likeness (QED) is 0.0769. The molecule has 0 fully saturated rings. The van der Waals surface area contributed by atoms with Crippen LogP contribution in [-0.2, 0) is 30.3 Å². The van der Waals surface area contributed by atoms with E-state index in [1.807, 2.05) is 49.1 Å². The molecule has 0 aliphatic carbocycles.